The number of pyridine rings is 1. The Kier molecular flexibility index (Phi) is 3.05. The monoisotopic (exact) mass is 311 g/mol. The molecule has 2 aromatic rings. The topological polar surface area (TPSA) is 50.9 Å². The largest absolute Gasteiger partial charge is 0.397 e. The first-order valence-corrected chi connectivity index (χ1v) is 5.56. The predicted octanol–water partition coefficient (Wildman–Crippen LogP) is 3.01. The van der Waals surface area contributed by atoms with Gasteiger partial charge in [0.25, 0.3) is 0 Å². The van der Waals surface area contributed by atoms with Gasteiger partial charge in [0.1, 0.15) is 5.82 Å². The van der Waals surface area contributed by atoms with Crippen molar-refractivity contribution in [2.24, 2.45) is 0 Å². The molecule has 1 aromatic carbocycles. The van der Waals surface area contributed by atoms with Gasteiger partial charge in [0.15, 0.2) is 0 Å². The van der Waals surface area contributed by atoms with Gasteiger partial charge >= 0.3 is 0 Å². The van der Waals surface area contributed by atoms with Gasteiger partial charge < -0.3 is 11.1 Å². The van der Waals surface area contributed by atoms with Crippen molar-refractivity contribution in [3.63, 3.8) is 0 Å². The third kappa shape index (κ3) is 2.82. The number of anilines is 3. The van der Waals surface area contributed by atoms with Crippen LogP contribution in [0.5, 0.6) is 0 Å². The second-order valence-corrected chi connectivity index (χ2v) is 4.36. The van der Waals surface area contributed by atoms with E-state index < -0.39 is 0 Å². The molecule has 0 fully saturated rings. The highest BCUT2D eigenvalue weighted by Gasteiger charge is 1.95. The van der Waals surface area contributed by atoms with Gasteiger partial charge in [-0.05, 0) is 52.9 Å². The number of nitrogens with zero attached hydrogens (tertiary/aromatic N) is 1. The summed E-state index contributed by atoms with van der Waals surface area (Å²) in [7, 11) is 0. The molecule has 0 spiro atoms. The van der Waals surface area contributed by atoms with Crippen LogP contribution in [0.3, 0.4) is 0 Å². The van der Waals surface area contributed by atoms with Crippen molar-refractivity contribution in [1.29, 1.82) is 0 Å². The molecule has 0 bridgehead atoms. The Morgan fingerprint density at radius 3 is 2.73 bits per heavy atom. The fraction of sp³-hybridized carbons (Fsp3) is 0. The Morgan fingerprint density at radius 2 is 2.07 bits per heavy atom. The minimum absolute atomic E-state index is 0.670. The van der Waals surface area contributed by atoms with Crippen molar-refractivity contribution >= 4 is 39.8 Å². The molecule has 1 aromatic heterocycles. The molecular formula is C11H10IN3. The van der Waals surface area contributed by atoms with E-state index in [0.717, 1.165) is 11.5 Å². The van der Waals surface area contributed by atoms with E-state index >= 15 is 0 Å². The predicted molar refractivity (Wildman–Crippen MR) is 71.1 cm³/mol. The minimum Gasteiger partial charge on any atom is -0.397 e. The number of benzene rings is 1. The zero-order valence-electron chi connectivity index (χ0n) is 7.94. The number of halogens is 1. The fourth-order valence-electron chi connectivity index (χ4n) is 1.19. The van der Waals surface area contributed by atoms with E-state index in [4.69, 9.17) is 5.73 Å². The number of hydrogen-bond acceptors (Lipinski definition) is 3. The first kappa shape index (κ1) is 10.2. The lowest BCUT2D eigenvalue weighted by atomic mass is 10.3. The zero-order valence-corrected chi connectivity index (χ0v) is 10.1. The highest BCUT2D eigenvalue weighted by atomic mass is 127. The van der Waals surface area contributed by atoms with Crippen LogP contribution >= 0.6 is 22.6 Å². The third-order valence-corrected chi connectivity index (χ3v) is 2.55. The fourth-order valence-corrected chi connectivity index (χ4v) is 1.74. The van der Waals surface area contributed by atoms with Gasteiger partial charge in [0.2, 0.25) is 0 Å². The average molecular weight is 311 g/mol. The molecule has 0 atom stereocenters. The smallest absolute Gasteiger partial charge is 0.130 e. The van der Waals surface area contributed by atoms with Crippen LogP contribution in [0.4, 0.5) is 17.2 Å². The number of nitrogen functional groups attached to an aromatic ring is 1. The molecule has 2 rings (SSSR count). The molecule has 0 saturated heterocycles. The molecule has 0 amide bonds. The number of hydrogen-bond donors (Lipinski definition) is 2. The summed E-state index contributed by atoms with van der Waals surface area (Å²) in [5.41, 5.74) is 7.25. The van der Waals surface area contributed by atoms with Gasteiger partial charge in [0, 0.05) is 9.26 Å². The molecule has 4 heteroatoms. The second-order valence-electron chi connectivity index (χ2n) is 3.11. The second kappa shape index (κ2) is 4.48. The molecule has 0 radical (unpaired) electrons. The highest BCUT2D eigenvalue weighted by molar-refractivity contribution is 14.1. The average Bonchev–Trinajstić information content (AvgIpc) is 2.22. The number of aromatic nitrogens is 1. The highest BCUT2D eigenvalue weighted by Crippen LogP contribution is 2.17. The first-order valence-electron chi connectivity index (χ1n) is 4.48. The minimum atomic E-state index is 0.670. The summed E-state index contributed by atoms with van der Waals surface area (Å²) in [6, 6.07) is 11.8. The molecule has 3 N–H and O–H groups in total. The van der Waals surface area contributed by atoms with E-state index in [-0.39, 0.29) is 0 Å². The lowest BCUT2D eigenvalue weighted by Crippen LogP contribution is -1.94. The Labute approximate surface area is 102 Å². The molecule has 0 aliphatic rings. The molecule has 0 aliphatic carbocycles. The Balaban J connectivity index is 2.18. The molecule has 76 valence electrons. The molecule has 0 saturated carbocycles. The lowest BCUT2D eigenvalue weighted by Gasteiger charge is -2.05. The molecule has 3 nitrogen and oxygen atoms in total. The van der Waals surface area contributed by atoms with Crippen molar-refractivity contribution in [3.05, 3.63) is 46.2 Å². The quantitative estimate of drug-likeness (QED) is 0.838. The van der Waals surface area contributed by atoms with E-state index in [9.17, 15) is 0 Å². The van der Waals surface area contributed by atoms with E-state index in [0.29, 0.717) is 5.69 Å². The summed E-state index contributed by atoms with van der Waals surface area (Å²) >= 11 is 2.27. The van der Waals surface area contributed by atoms with E-state index in [1.165, 1.54) is 3.57 Å². The maximum absolute atomic E-state index is 5.55. The van der Waals surface area contributed by atoms with Gasteiger partial charge in [-0.1, -0.05) is 6.07 Å². The third-order valence-electron chi connectivity index (χ3n) is 1.88. The van der Waals surface area contributed by atoms with Crippen molar-refractivity contribution in [2.45, 2.75) is 0 Å². The summed E-state index contributed by atoms with van der Waals surface area (Å²) in [5, 5.41) is 3.20. The molecule has 0 aliphatic heterocycles. The van der Waals surface area contributed by atoms with Gasteiger partial charge in [-0.2, -0.15) is 0 Å². The molecule has 15 heavy (non-hydrogen) atoms. The summed E-state index contributed by atoms with van der Waals surface area (Å²) in [6.45, 7) is 0. The number of rotatable bonds is 2. The summed E-state index contributed by atoms with van der Waals surface area (Å²) in [6.07, 6.45) is 1.64. The van der Waals surface area contributed by atoms with Crippen molar-refractivity contribution in [2.75, 3.05) is 11.1 Å². The van der Waals surface area contributed by atoms with Crippen LogP contribution in [0.1, 0.15) is 0 Å². The standard InChI is InChI=1S/C11H10IN3/c12-8-2-1-3-10(6-8)15-11-5-4-9(13)7-14-11/h1-7H,13H2,(H,14,15). The van der Waals surface area contributed by atoms with Crippen LogP contribution in [-0.2, 0) is 0 Å². The molecular weight excluding hydrogens is 301 g/mol. The van der Waals surface area contributed by atoms with Gasteiger partial charge in [-0.3, -0.25) is 0 Å². The molecule has 0 unspecified atom stereocenters. The van der Waals surface area contributed by atoms with Crippen molar-refractivity contribution in [3.8, 4) is 0 Å². The first-order chi connectivity index (χ1) is 7.24. The van der Waals surface area contributed by atoms with Crippen LogP contribution in [0, 0.1) is 3.57 Å². The van der Waals surface area contributed by atoms with E-state index in [1.54, 1.807) is 6.20 Å². The summed E-state index contributed by atoms with van der Waals surface area (Å²) in [4.78, 5) is 4.16. The SMILES string of the molecule is Nc1ccc(Nc2cccc(I)c2)nc1. The van der Waals surface area contributed by atoms with E-state index in [2.05, 4.69) is 39.0 Å². The van der Waals surface area contributed by atoms with Gasteiger partial charge in [-0.15, -0.1) is 0 Å². The van der Waals surface area contributed by atoms with Gasteiger partial charge in [0.05, 0.1) is 11.9 Å². The Bertz CT molecular complexity index is 454. The summed E-state index contributed by atoms with van der Waals surface area (Å²) in [5.74, 6) is 0.797. The van der Waals surface area contributed by atoms with E-state index in [1.807, 2.05) is 30.3 Å². The van der Waals surface area contributed by atoms with Crippen LogP contribution in [-0.4, -0.2) is 4.98 Å². The van der Waals surface area contributed by atoms with Crippen LogP contribution in [0.25, 0.3) is 0 Å². The normalized spacial score (nSPS) is 9.93. The summed E-state index contributed by atoms with van der Waals surface area (Å²) < 4.78 is 1.19. The van der Waals surface area contributed by atoms with Crippen molar-refractivity contribution < 1.29 is 0 Å². The number of nitrogens with one attached hydrogen (secondary N) is 1. The maximum atomic E-state index is 5.55. The lowest BCUT2D eigenvalue weighted by molar-refractivity contribution is 1.31. The number of nitrogens with two attached hydrogens (primary N) is 1. The van der Waals surface area contributed by atoms with Gasteiger partial charge in [-0.25, -0.2) is 4.98 Å². The van der Waals surface area contributed by atoms with Crippen LogP contribution in [0.2, 0.25) is 0 Å². The Hall–Kier alpha value is -1.30. The van der Waals surface area contributed by atoms with Crippen molar-refractivity contribution in [1.82, 2.24) is 4.98 Å². The maximum Gasteiger partial charge on any atom is 0.130 e. The zero-order chi connectivity index (χ0) is 10.7. The van der Waals surface area contributed by atoms with Crippen LogP contribution < -0.4 is 11.1 Å². The molecule has 1 heterocycles. The van der Waals surface area contributed by atoms with Crippen LogP contribution in [0.15, 0.2) is 42.6 Å². The Morgan fingerprint density at radius 1 is 1.20 bits per heavy atom.